The Morgan fingerprint density at radius 2 is 1.87 bits per heavy atom. The van der Waals surface area contributed by atoms with Crippen LogP contribution in [0.4, 0.5) is 10.5 Å². The lowest BCUT2D eigenvalue weighted by Crippen LogP contribution is -2.36. The van der Waals surface area contributed by atoms with E-state index in [1.54, 1.807) is 30.3 Å². The Labute approximate surface area is 132 Å². The average molecular weight is 307 g/mol. The predicted octanol–water partition coefficient (Wildman–Crippen LogP) is 1.61. The maximum Gasteiger partial charge on any atom is 0.332 e. The number of nitrogens with zero attached hydrogens (tertiary/aromatic N) is 3. The number of fused-ring (bicyclic) bond motifs is 2. The second kappa shape index (κ2) is 4.80. The van der Waals surface area contributed by atoms with Crippen LogP contribution in [0.1, 0.15) is 12.0 Å². The summed E-state index contributed by atoms with van der Waals surface area (Å²) >= 11 is 0. The minimum atomic E-state index is -0.818. The summed E-state index contributed by atoms with van der Waals surface area (Å²) in [6.45, 7) is 0.376. The van der Waals surface area contributed by atoms with Crippen LogP contribution < -0.4 is 4.90 Å². The molecule has 6 heteroatoms. The van der Waals surface area contributed by atoms with Gasteiger partial charge in [-0.2, -0.15) is 5.26 Å². The third-order valence-corrected chi connectivity index (χ3v) is 4.54. The number of carbonyl (C=O) groups is 2. The van der Waals surface area contributed by atoms with Crippen LogP contribution in [0.15, 0.2) is 36.4 Å². The van der Waals surface area contributed by atoms with Crippen molar-refractivity contribution in [3.05, 3.63) is 42.0 Å². The molecule has 114 valence electrons. The zero-order chi connectivity index (χ0) is 16.1. The number of carbonyl (C=O) groups excluding carboxylic acids is 2. The number of aliphatic hydroxyl groups is 1. The van der Waals surface area contributed by atoms with Crippen LogP contribution in [0.25, 0.3) is 10.8 Å². The van der Waals surface area contributed by atoms with Gasteiger partial charge in [-0.05, 0) is 18.6 Å². The first kappa shape index (κ1) is 13.7. The number of hydrogen-bond acceptors (Lipinski definition) is 4. The fraction of sp³-hybridized carbons (Fsp3) is 0.235. The summed E-state index contributed by atoms with van der Waals surface area (Å²) < 4.78 is 0. The largest absolute Gasteiger partial charge is 0.390 e. The summed E-state index contributed by atoms with van der Waals surface area (Å²) in [5, 5.41) is 20.6. The van der Waals surface area contributed by atoms with E-state index < -0.39 is 24.1 Å². The van der Waals surface area contributed by atoms with E-state index in [9.17, 15) is 20.0 Å². The zero-order valence-electron chi connectivity index (χ0n) is 12.1. The van der Waals surface area contributed by atoms with E-state index in [2.05, 4.69) is 6.07 Å². The van der Waals surface area contributed by atoms with Gasteiger partial charge < -0.3 is 10.0 Å². The van der Waals surface area contributed by atoms with Gasteiger partial charge in [0.05, 0.1) is 23.4 Å². The van der Waals surface area contributed by atoms with Crippen molar-refractivity contribution < 1.29 is 14.7 Å². The van der Waals surface area contributed by atoms with Gasteiger partial charge in [-0.15, -0.1) is 0 Å². The van der Waals surface area contributed by atoms with Crippen molar-refractivity contribution in [2.45, 2.75) is 18.6 Å². The van der Waals surface area contributed by atoms with Crippen molar-refractivity contribution in [3.8, 4) is 6.07 Å². The van der Waals surface area contributed by atoms with Crippen molar-refractivity contribution in [1.82, 2.24) is 4.90 Å². The molecule has 0 spiro atoms. The van der Waals surface area contributed by atoms with Crippen LogP contribution in [0.3, 0.4) is 0 Å². The molecule has 23 heavy (non-hydrogen) atoms. The van der Waals surface area contributed by atoms with E-state index in [0.717, 1.165) is 4.90 Å². The molecule has 2 heterocycles. The van der Waals surface area contributed by atoms with Crippen molar-refractivity contribution in [1.29, 1.82) is 5.26 Å². The number of amides is 3. The second-order valence-electron chi connectivity index (χ2n) is 5.74. The molecule has 2 aliphatic heterocycles. The van der Waals surface area contributed by atoms with Crippen molar-refractivity contribution in [2.75, 3.05) is 11.4 Å². The van der Waals surface area contributed by atoms with Crippen LogP contribution in [-0.4, -0.2) is 40.6 Å². The number of anilines is 1. The Bertz CT molecular complexity index is 886. The molecule has 2 atom stereocenters. The minimum Gasteiger partial charge on any atom is -0.390 e. The molecule has 3 amide bonds. The molecule has 0 aromatic heterocycles. The Morgan fingerprint density at radius 1 is 1.13 bits per heavy atom. The molecule has 2 aromatic carbocycles. The first-order chi connectivity index (χ1) is 11.1. The lowest BCUT2D eigenvalue weighted by Gasteiger charge is -2.18. The van der Waals surface area contributed by atoms with Crippen molar-refractivity contribution >= 4 is 28.4 Å². The number of benzene rings is 2. The Kier molecular flexibility index (Phi) is 2.86. The van der Waals surface area contributed by atoms with E-state index >= 15 is 0 Å². The number of hydrogen-bond donors (Lipinski definition) is 1. The first-order valence-corrected chi connectivity index (χ1v) is 7.38. The summed E-state index contributed by atoms with van der Waals surface area (Å²) in [6.07, 6.45) is -0.398. The Hall–Kier alpha value is -2.91. The van der Waals surface area contributed by atoms with Gasteiger partial charge in [-0.1, -0.05) is 24.3 Å². The summed E-state index contributed by atoms with van der Waals surface area (Å²) in [5.41, 5.74) is 0.945. The van der Waals surface area contributed by atoms with Gasteiger partial charge in [0, 0.05) is 17.3 Å². The van der Waals surface area contributed by atoms with Crippen molar-refractivity contribution in [3.63, 3.8) is 0 Å². The third kappa shape index (κ3) is 1.77. The third-order valence-electron chi connectivity index (χ3n) is 4.54. The maximum absolute atomic E-state index is 12.6. The lowest BCUT2D eigenvalue weighted by molar-refractivity contribution is -0.121. The maximum atomic E-state index is 12.6. The smallest absolute Gasteiger partial charge is 0.332 e. The van der Waals surface area contributed by atoms with Crippen molar-refractivity contribution in [2.24, 2.45) is 0 Å². The molecule has 1 N–H and O–H groups in total. The van der Waals surface area contributed by atoms with Crippen LogP contribution >= 0.6 is 0 Å². The summed E-state index contributed by atoms with van der Waals surface area (Å²) in [4.78, 5) is 27.8. The average Bonchev–Trinajstić information content (AvgIpc) is 3.07. The van der Waals surface area contributed by atoms with Gasteiger partial charge >= 0.3 is 6.03 Å². The second-order valence-corrected chi connectivity index (χ2v) is 5.74. The van der Waals surface area contributed by atoms with Gasteiger partial charge in [0.25, 0.3) is 5.91 Å². The van der Waals surface area contributed by atoms with E-state index in [-0.39, 0.29) is 0 Å². The van der Waals surface area contributed by atoms with Crippen LogP contribution in [0, 0.1) is 11.3 Å². The number of imide groups is 1. The summed E-state index contributed by atoms with van der Waals surface area (Å²) in [7, 11) is 0. The molecular formula is C17H13N3O3. The molecule has 2 aromatic rings. The fourth-order valence-corrected chi connectivity index (χ4v) is 3.44. The molecular weight excluding hydrogens is 294 g/mol. The van der Waals surface area contributed by atoms with E-state index in [4.69, 9.17) is 0 Å². The number of aliphatic hydroxyl groups excluding tert-OH is 1. The zero-order valence-corrected chi connectivity index (χ0v) is 12.1. The number of urea groups is 1. The molecule has 0 radical (unpaired) electrons. The molecule has 2 fully saturated rings. The number of rotatable bonds is 1. The first-order valence-electron chi connectivity index (χ1n) is 7.38. The number of nitriles is 1. The van der Waals surface area contributed by atoms with Gasteiger partial charge in [0.1, 0.15) is 6.04 Å². The SMILES string of the molecule is N#Cc1ccc(N2C(=O)[C@@H]3[C@H](O)CCN3C2=O)c2ccccc12. The van der Waals surface area contributed by atoms with Gasteiger partial charge in [-0.3, -0.25) is 4.79 Å². The molecule has 0 unspecified atom stereocenters. The van der Waals surface area contributed by atoms with E-state index in [1.165, 1.54) is 4.90 Å². The fourth-order valence-electron chi connectivity index (χ4n) is 3.44. The Balaban J connectivity index is 1.89. The molecule has 0 aliphatic carbocycles. The van der Waals surface area contributed by atoms with Crippen LogP contribution in [0.5, 0.6) is 0 Å². The highest BCUT2D eigenvalue weighted by Gasteiger charge is 2.52. The van der Waals surface area contributed by atoms with E-state index in [1.807, 2.05) is 6.07 Å². The molecule has 2 saturated heterocycles. The molecule has 2 aliphatic rings. The standard InChI is InChI=1S/C17H13N3O3/c18-9-10-5-6-13(12-4-2-1-3-11(10)12)20-16(22)15-14(21)7-8-19(15)17(20)23/h1-6,14-15,21H,7-8H2/t14-,15+/m1/s1. The highest BCUT2D eigenvalue weighted by molar-refractivity contribution is 6.25. The molecule has 6 nitrogen and oxygen atoms in total. The lowest BCUT2D eigenvalue weighted by atomic mass is 10.0. The minimum absolute atomic E-state index is 0.376. The summed E-state index contributed by atoms with van der Waals surface area (Å²) in [6, 6.07) is 11.3. The monoisotopic (exact) mass is 307 g/mol. The van der Waals surface area contributed by atoms with Crippen LogP contribution in [-0.2, 0) is 4.79 Å². The van der Waals surface area contributed by atoms with Crippen LogP contribution in [0.2, 0.25) is 0 Å². The summed E-state index contributed by atoms with van der Waals surface area (Å²) in [5.74, 6) is -0.408. The topological polar surface area (TPSA) is 84.6 Å². The predicted molar refractivity (Wildman–Crippen MR) is 82.7 cm³/mol. The molecule has 0 bridgehead atoms. The molecule has 0 saturated carbocycles. The highest BCUT2D eigenvalue weighted by atomic mass is 16.3. The van der Waals surface area contributed by atoms with Gasteiger partial charge in [0.15, 0.2) is 0 Å². The van der Waals surface area contributed by atoms with E-state index in [0.29, 0.717) is 35.0 Å². The Morgan fingerprint density at radius 3 is 2.57 bits per heavy atom. The molecule has 4 rings (SSSR count). The van der Waals surface area contributed by atoms with Gasteiger partial charge in [-0.25, -0.2) is 9.69 Å². The van der Waals surface area contributed by atoms with Gasteiger partial charge in [0.2, 0.25) is 0 Å². The quantitative estimate of drug-likeness (QED) is 0.811. The highest BCUT2D eigenvalue weighted by Crippen LogP contribution is 2.36. The normalized spacial score (nSPS) is 23.5.